The van der Waals surface area contributed by atoms with Gasteiger partial charge in [0.15, 0.2) is 0 Å². The van der Waals surface area contributed by atoms with Crippen LogP contribution in [0.15, 0.2) is 18.2 Å². The Kier molecular flexibility index (Phi) is 4.48. The molecule has 8 heteroatoms. The molecular weight excluding hydrogens is 301 g/mol. The SMILES string of the molecule is CC(C)C[C@@H]1COc2cc([N+](=O)[O-])ccc2N1CC(F)(F)F. The number of anilines is 1. The topological polar surface area (TPSA) is 55.6 Å². The lowest BCUT2D eigenvalue weighted by Crippen LogP contribution is -2.48. The van der Waals surface area contributed by atoms with Gasteiger partial charge in [0, 0.05) is 6.07 Å². The largest absolute Gasteiger partial charge is 0.489 e. The van der Waals surface area contributed by atoms with Crippen molar-refractivity contribution in [2.75, 3.05) is 18.1 Å². The first-order chi connectivity index (χ1) is 10.2. The minimum Gasteiger partial charge on any atom is -0.489 e. The summed E-state index contributed by atoms with van der Waals surface area (Å²) >= 11 is 0. The maximum Gasteiger partial charge on any atom is 0.405 e. The lowest BCUT2D eigenvalue weighted by atomic mass is 10.0. The number of nitrogens with zero attached hydrogens (tertiary/aromatic N) is 2. The van der Waals surface area contributed by atoms with Crippen molar-refractivity contribution in [2.45, 2.75) is 32.5 Å². The Bertz CT molecular complexity index is 561. The van der Waals surface area contributed by atoms with Crippen molar-refractivity contribution in [1.82, 2.24) is 0 Å². The minimum absolute atomic E-state index is 0.0857. The molecule has 1 aliphatic heterocycles. The van der Waals surface area contributed by atoms with Crippen molar-refractivity contribution in [1.29, 1.82) is 0 Å². The summed E-state index contributed by atoms with van der Waals surface area (Å²) in [5.41, 5.74) is 0.0489. The van der Waals surface area contributed by atoms with Crippen molar-refractivity contribution in [3.63, 3.8) is 0 Å². The Hall–Kier alpha value is -1.99. The average Bonchev–Trinajstić information content (AvgIpc) is 2.38. The van der Waals surface area contributed by atoms with Crippen LogP contribution in [0.3, 0.4) is 0 Å². The van der Waals surface area contributed by atoms with E-state index in [1.54, 1.807) is 0 Å². The fourth-order valence-corrected chi connectivity index (χ4v) is 2.59. The number of hydrogen-bond donors (Lipinski definition) is 0. The number of ether oxygens (including phenoxy) is 1. The quantitative estimate of drug-likeness (QED) is 0.626. The molecule has 1 atom stereocenters. The molecule has 5 nitrogen and oxygen atoms in total. The van der Waals surface area contributed by atoms with Gasteiger partial charge in [-0.25, -0.2) is 0 Å². The van der Waals surface area contributed by atoms with E-state index in [0.29, 0.717) is 6.42 Å². The summed E-state index contributed by atoms with van der Waals surface area (Å²) in [6, 6.07) is 3.29. The Morgan fingerprint density at radius 2 is 2.14 bits per heavy atom. The second-order valence-electron chi connectivity index (χ2n) is 5.75. The molecule has 0 unspecified atom stereocenters. The highest BCUT2D eigenvalue weighted by atomic mass is 19.4. The van der Waals surface area contributed by atoms with E-state index in [9.17, 15) is 23.3 Å². The highest BCUT2D eigenvalue weighted by Crippen LogP contribution is 2.39. The molecule has 0 amide bonds. The van der Waals surface area contributed by atoms with Gasteiger partial charge in [-0.05, 0) is 18.4 Å². The molecule has 1 heterocycles. The number of nitro benzene ring substituents is 1. The fourth-order valence-electron chi connectivity index (χ4n) is 2.59. The third-order valence-corrected chi connectivity index (χ3v) is 3.43. The Labute approximate surface area is 125 Å². The number of benzene rings is 1. The summed E-state index contributed by atoms with van der Waals surface area (Å²) in [4.78, 5) is 11.4. The molecule has 0 radical (unpaired) electrons. The fraction of sp³-hybridized carbons (Fsp3) is 0.571. The van der Waals surface area contributed by atoms with Crippen LogP contribution < -0.4 is 9.64 Å². The number of nitro groups is 1. The first-order valence-electron chi connectivity index (χ1n) is 6.92. The van der Waals surface area contributed by atoms with Gasteiger partial charge in [-0.1, -0.05) is 13.8 Å². The van der Waals surface area contributed by atoms with E-state index in [1.807, 2.05) is 13.8 Å². The van der Waals surface area contributed by atoms with Crippen LogP contribution in [0.5, 0.6) is 5.75 Å². The maximum atomic E-state index is 12.9. The standard InChI is InChI=1S/C14H17F3N2O3/c1-9(2)5-11-7-22-13-6-10(19(20)21)3-4-12(13)18(11)8-14(15,16)17/h3-4,6,9,11H,5,7-8H2,1-2H3/t11-/m1/s1. The first-order valence-corrected chi connectivity index (χ1v) is 6.92. The third-order valence-electron chi connectivity index (χ3n) is 3.43. The molecule has 0 spiro atoms. The molecule has 0 saturated heterocycles. The summed E-state index contributed by atoms with van der Waals surface area (Å²) in [5, 5.41) is 10.8. The predicted molar refractivity (Wildman–Crippen MR) is 75.2 cm³/mol. The molecule has 2 rings (SSSR count). The zero-order chi connectivity index (χ0) is 16.5. The van der Waals surface area contributed by atoms with E-state index < -0.39 is 23.7 Å². The van der Waals surface area contributed by atoms with Gasteiger partial charge in [0.2, 0.25) is 0 Å². The van der Waals surface area contributed by atoms with E-state index in [1.165, 1.54) is 23.1 Å². The van der Waals surface area contributed by atoms with Crippen LogP contribution in [0, 0.1) is 16.0 Å². The smallest absolute Gasteiger partial charge is 0.405 e. The highest BCUT2D eigenvalue weighted by Gasteiger charge is 2.38. The van der Waals surface area contributed by atoms with Gasteiger partial charge < -0.3 is 9.64 Å². The number of halogens is 3. The van der Waals surface area contributed by atoms with Crippen LogP contribution in [0.1, 0.15) is 20.3 Å². The molecule has 0 aromatic heterocycles. The molecule has 1 aromatic carbocycles. The van der Waals surface area contributed by atoms with Crippen LogP contribution >= 0.6 is 0 Å². The van der Waals surface area contributed by atoms with Crippen molar-refractivity contribution in [2.24, 2.45) is 5.92 Å². The number of rotatable bonds is 4. The van der Waals surface area contributed by atoms with Gasteiger partial charge in [0.05, 0.1) is 22.7 Å². The van der Waals surface area contributed by atoms with Gasteiger partial charge in [-0.2, -0.15) is 13.2 Å². The van der Waals surface area contributed by atoms with Gasteiger partial charge in [-0.3, -0.25) is 10.1 Å². The van der Waals surface area contributed by atoms with Crippen molar-refractivity contribution >= 4 is 11.4 Å². The number of hydrogen-bond acceptors (Lipinski definition) is 4. The van der Waals surface area contributed by atoms with Gasteiger partial charge >= 0.3 is 6.18 Å². The number of fused-ring (bicyclic) bond motifs is 1. The summed E-state index contributed by atoms with van der Waals surface area (Å²) in [5.74, 6) is 0.336. The second-order valence-corrected chi connectivity index (χ2v) is 5.75. The lowest BCUT2D eigenvalue weighted by Gasteiger charge is -2.39. The summed E-state index contributed by atoms with van der Waals surface area (Å²) in [7, 11) is 0. The lowest BCUT2D eigenvalue weighted by molar-refractivity contribution is -0.384. The van der Waals surface area contributed by atoms with E-state index in [0.717, 1.165) is 0 Å². The predicted octanol–water partition coefficient (Wildman–Crippen LogP) is 3.77. The van der Waals surface area contributed by atoms with Gasteiger partial charge in [0.25, 0.3) is 5.69 Å². The molecule has 0 aliphatic carbocycles. The highest BCUT2D eigenvalue weighted by molar-refractivity contribution is 5.64. The molecule has 0 fully saturated rings. The minimum atomic E-state index is -4.36. The average molecular weight is 318 g/mol. The first kappa shape index (κ1) is 16.4. The van der Waals surface area contributed by atoms with Crippen LogP contribution in [0.2, 0.25) is 0 Å². The molecule has 0 N–H and O–H groups in total. The normalized spacial score (nSPS) is 18.1. The van der Waals surface area contributed by atoms with E-state index in [4.69, 9.17) is 4.74 Å². The van der Waals surface area contributed by atoms with Crippen LogP contribution in [-0.2, 0) is 0 Å². The van der Waals surface area contributed by atoms with Gasteiger partial charge in [-0.15, -0.1) is 0 Å². The van der Waals surface area contributed by atoms with E-state index >= 15 is 0 Å². The van der Waals surface area contributed by atoms with Crippen LogP contribution in [0.4, 0.5) is 24.5 Å². The van der Waals surface area contributed by atoms with Crippen molar-refractivity contribution < 1.29 is 22.8 Å². The maximum absolute atomic E-state index is 12.9. The number of non-ortho nitro benzene ring substituents is 1. The summed E-state index contributed by atoms with van der Waals surface area (Å²) < 4.78 is 44.0. The van der Waals surface area contributed by atoms with Crippen molar-refractivity contribution in [3.8, 4) is 5.75 Å². The molecule has 1 aliphatic rings. The van der Waals surface area contributed by atoms with Crippen LogP contribution in [-0.4, -0.2) is 30.3 Å². The zero-order valence-electron chi connectivity index (χ0n) is 12.3. The van der Waals surface area contributed by atoms with Crippen molar-refractivity contribution in [3.05, 3.63) is 28.3 Å². The molecule has 1 aromatic rings. The Balaban J connectivity index is 2.36. The second kappa shape index (κ2) is 6.02. The van der Waals surface area contributed by atoms with Crippen LogP contribution in [0.25, 0.3) is 0 Å². The summed E-state index contributed by atoms with van der Waals surface area (Å²) in [6.45, 7) is 2.84. The Morgan fingerprint density at radius 1 is 1.45 bits per heavy atom. The molecule has 22 heavy (non-hydrogen) atoms. The zero-order valence-corrected chi connectivity index (χ0v) is 12.3. The number of alkyl halides is 3. The molecular formula is C14H17F3N2O3. The summed E-state index contributed by atoms with van der Waals surface area (Å²) in [6.07, 6.45) is -3.81. The van der Waals surface area contributed by atoms with Gasteiger partial charge in [0.1, 0.15) is 18.9 Å². The Morgan fingerprint density at radius 3 is 2.68 bits per heavy atom. The molecule has 122 valence electrons. The molecule has 0 saturated carbocycles. The third kappa shape index (κ3) is 3.80. The van der Waals surface area contributed by atoms with E-state index in [2.05, 4.69) is 0 Å². The van der Waals surface area contributed by atoms with E-state index in [-0.39, 0.29) is 29.6 Å². The monoisotopic (exact) mass is 318 g/mol. The molecule has 0 bridgehead atoms.